The van der Waals surface area contributed by atoms with E-state index in [4.69, 9.17) is 9.47 Å². The lowest BCUT2D eigenvalue weighted by Crippen LogP contribution is -2.65. The van der Waals surface area contributed by atoms with Gasteiger partial charge in [0.1, 0.15) is 28.4 Å². The second kappa shape index (κ2) is 13.7. The van der Waals surface area contributed by atoms with E-state index in [1.165, 1.54) is 0 Å². The number of piperazine rings is 1. The summed E-state index contributed by atoms with van der Waals surface area (Å²) < 4.78 is 15.6. The van der Waals surface area contributed by atoms with E-state index in [1.807, 2.05) is 37.3 Å². The average molecular weight is 613 g/mol. The molecule has 3 fully saturated rings. The summed E-state index contributed by atoms with van der Waals surface area (Å²) >= 11 is 1.11. The quantitative estimate of drug-likeness (QED) is 0.452. The molecule has 43 heavy (non-hydrogen) atoms. The molecule has 3 amide bonds. The van der Waals surface area contributed by atoms with E-state index in [0.29, 0.717) is 36.9 Å². The fraction of sp³-hybridized carbons (Fsp3) is 0.645. The lowest BCUT2D eigenvalue weighted by molar-refractivity contribution is -0.146. The highest BCUT2D eigenvalue weighted by Gasteiger charge is 2.47. The third-order valence-electron chi connectivity index (χ3n) is 8.50. The van der Waals surface area contributed by atoms with Crippen molar-refractivity contribution in [3.05, 3.63) is 30.3 Å². The maximum absolute atomic E-state index is 14.5. The molecule has 0 unspecified atom stereocenters. The molecule has 2 aliphatic heterocycles. The number of benzene rings is 1. The molecule has 4 atom stereocenters. The zero-order valence-electron chi connectivity index (χ0n) is 25.6. The number of nitrogens with zero attached hydrogens (tertiary/aromatic N) is 4. The highest BCUT2D eigenvalue weighted by Crippen LogP contribution is 2.33. The standard InChI is InChI=1S/C31H44N6O5S/c1-5-41-23-16-22-17-37(29(39)26(21-14-10-7-11-15-21)32-30(40)42-31(2,3)4)24(19-36(22)18-23)27(38)33-28-25(34-35-43-28)20-12-8-6-9-13-20/h6,8-9,12-13,21-24,26H,5,7,10-11,14-19H2,1-4H3,(H,32,40)(H,33,38)/t22-,23-,24+,26+/m1/s1. The number of fused-ring (bicyclic) bond motifs is 1. The third-order valence-corrected chi connectivity index (χ3v) is 9.14. The Balaban J connectivity index is 1.41. The number of rotatable bonds is 8. The number of nitrogens with one attached hydrogen (secondary N) is 2. The third kappa shape index (κ3) is 7.71. The van der Waals surface area contributed by atoms with Gasteiger partial charge in [-0.25, -0.2) is 4.79 Å². The van der Waals surface area contributed by atoms with Crippen LogP contribution in [0.3, 0.4) is 0 Å². The van der Waals surface area contributed by atoms with E-state index >= 15 is 0 Å². The number of aromatic nitrogens is 2. The molecular weight excluding hydrogens is 568 g/mol. The van der Waals surface area contributed by atoms with Gasteiger partial charge in [0.15, 0.2) is 0 Å². The molecule has 2 saturated heterocycles. The van der Waals surface area contributed by atoms with Crippen LogP contribution in [0.15, 0.2) is 30.3 Å². The first-order chi connectivity index (χ1) is 20.6. The van der Waals surface area contributed by atoms with Crippen LogP contribution in [0.5, 0.6) is 0 Å². The molecule has 5 rings (SSSR count). The Morgan fingerprint density at radius 1 is 1.07 bits per heavy atom. The van der Waals surface area contributed by atoms with Gasteiger partial charge in [-0.3, -0.25) is 14.5 Å². The van der Waals surface area contributed by atoms with Crippen molar-refractivity contribution >= 4 is 34.4 Å². The zero-order valence-corrected chi connectivity index (χ0v) is 26.4. The van der Waals surface area contributed by atoms with Gasteiger partial charge in [0.2, 0.25) is 11.8 Å². The van der Waals surface area contributed by atoms with E-state index in [9.17, 15) is 14.4 Å². The fourth-order valence-electron chi connectivity index (χ4n) is 6.57. The Morgan fingerprint density at radius 3 is 2.51 bits per heavy atom. The number of anilines is 1. The van der Waals surface area contributed by atoms with Crippen molar-refractivity contribution in [1.29, 1.82) is 0 Å². The van der Waals surface area contributed by atoms with Crippen LogP contribution in [0.4, 0.5) is 9.80 Å². The normalized spacial score (nSPS) is 23.8. The lowest BCUT2D eigenvalue weighted by Gasteiger charge is -2.44. The summed E-state index contributed by atoms with van der Waals surface area (Å²) in [6, 6.07) is 8.12. The van der Waals surface area contributed by atoms with E-state index in [-0.39, 0.29) is 29.9 Å². The number of carbonyl (C=O) groups excluding carboxylic acids is 3. The Bertz CT molecular complexity index is 1260. The minimum atomic E-state index is -0.772. The average Bonchev–Trinajstić information content (AvgIpc) is 3.61. The molecule has 1 saturated carbocycles. The molecule has 3 heterocycles. The smallest absolute Gasteiger partial charge is 0.408 e. The van der Waals surface area contributed by atoms with Gasteiger partial charge < -0.3 is 25.0 Å². The van der Waals surface area contributed by atoms with Crippen molar-refractivity contribution in [3.8, 4) is 11.3 Å². The van der Waals surface area contributed by atoms with Crippen molar-refractivity contribution in [2.45, 2.75) is 96.1 Å². The van der Waals surface area contributed by atoms with Gasteiger partial charge in [0, 0.05) is 49.4 Å². The Kier molecular flexibility index (Phi) is 9.98. The molecule has 3 aliphatic rings. The zero-order chi connectivity index (χ0) is 30.6. The minimum Gasteiger partial charge on any atom is -0.444 e. The molecule has 0 bridgehead atoms. The summed E-state index contributed by atoms with van der Waals surface area (Å²) in [4.78, 5) is 45.5. The van der Waals surface area contributed by atoms with Crippen LogP contribution in [-0.2, 0) is 19.1 Å². The van der Waals surface area contributed by atoms with Gasteiger partial charge >= 0.3 is 6.09 Å². The molecule has 1 aromatic carbocycles. The number of ether oxygens (including phenoxy) is 2. The van der Waals surface area contributed by atoms with Gasteiger partial charge in [0.25, 0.3) is 0 Å². The van der Waals surface area contributed by atoms with E-state index in [2.05, 4.69) is 25.1 Å². The van der Waals surface area contributed by atoms with E-state index in [1.54, 1.807) is 25.7 Å². The predicted molar refractivity (Wildman–Crippen MR) is 165 cm³/mol. The largest absolute Gasteiger partial charge is 0.444 e. The molecule has 1 aliphatic carbocycles. The van der Waals surface area contributed by atoms with Crippen molar-refractivity contribution in [2.75, 3.05) is 31.6 Å². The first-order valence-corrected chi connectivity index (χ1v) is 16.2. The first kappa shape index (κ1) is 31.3. The number of alkyl carbamates (subject to hydrolysis) is 1. The van der Waals surface area contributed by atoms with Gasteiger partial charge in [-0.15, -0.1) is 5.10 Å². The van der Waals surface area contributed by atoms with Gasteiger partial charge in [-0.05, 0) is 52.9 Å². The molecule has 1 aromatic heterocycles. The highest BCUT2D eigenvalue weighted by molar-refractivity contribution is 7.10. The van der Waals surface area contributed by atoms with Crippen LogP contribution in [0.25, 0.3) is 11.3 Å². The second-order valence-electron chi connectivity index (χ2n) is 12.8. The summed E-state index contributed by atoms with van der Waals surface area (Å²) in [5.74, 6) is -0.552. The van der Waals surface area contributed by atoms with Crippen molar-refractivity contribution in [1.82, 2.24) is 24.7 Å². The van der Waals surface area contributed by atoms with Crippen molar-refractivity contribution < 1.29 is 23.9 Å². The molecule has 12 heteroatoms. The van der Waals surface area contributed by atoms with Gasteiger partial charge in [-0.2, -0.15) is 0 Å². The Morgan fingerprint density at radius 2 is 1.81 bits per heavy atom. The van der Waals surface area contributed by atoms with Crippen LogP contribution in [0.1, 0.15) is 66.2 Å². The summed E-state index contributed by atoms with van der Waals surface area (Å²) in [6.07, 6.45) is 5.02. The molecule has 234 valence electrons. The van der Waals surface area contributed by atoms with Crippen LogP contribution in [0.2, 0.25) is 0 Å². The molecule has 11 nitrogen and oxygen atoms in total. The van der Waals surface area contributed by atoms with Crippen LogP contribution >= 0.6 is 11.5 Å². The van der Waals surface area contributed by atoms with Crippen LogP contribution in [-0.4, -0.2) is 93.4 Å². The minimum absolute atomic E-state index is 0.0226. The van der Waals surface area contributed by atoms with Gasteiger partial charge in [-0.1, -0.05) is 54.1 Å². The van der Waals surface area contributed by atoms with Crippen molar-refractivity contribution in [2.24, 2.45) is 5.92 Å². The highest BCUT2D eigenvalue weighted by atomic mass is 32.1. The van der Waals surface area contributed by atoms with Crippen LogP contribution < -0.4 is 10.6 Å². The number of hydrogen-bond donors (Lipinski definition) is 2. The number of amides is 3. The first-order valence-electron chi connectivity index (χ1n) is 15.5. The Hall–Kier alpha value is -3.09. The maximum Gasteiger partial charge on any atom is 0.408 e. The fourth-order valence-corrected chi connectivity index (χ4v) is 7.16. The van der Waals surface area contributed by atoms with E-state index < -0.39 is 23.8 Å². The topological polar surface area (TPSA) is 126 Å². The molecule has 0 spiro atoms. The maximum atomic E-state index is 14.5. The molecular formula is C31H44N6O5S. The summed E-state index contributed by atoms with van der Waals surface area (Å²) in [5, 5.41) is 10.8. The molecule has 2 aromatic rings. The Labute approximate surface area is 257 Å². The summed E-state index contributed by atoms with van der Waals surface area (Å²) in [6.45, 7) is 9.47. The SMILES string of the molecule is CCO[C@@H]1C[C@@H]2CN(C(=O)[C@@H](NC(=O)OC(C)(C)C)C3CCCCC3)[C@H](C(=O)Nc3snnc3-c3ccccc3)CN2C1. The van der Waals surface area contributed by atoms with E-state index in [0.717, 1.165) is 55.6 Å². The lowest BCUT2D eigenvalue weighted by atomic mass is 9.83. The number of hydrogen-bond acceptors (Lipinski definition) is 9. The molecule has 0 radical (unpaired) electrons. The van der Waals surface area contributed by atoms with Crippen molar-refractivity contribution in [3.63, 3.8) is 0 Å². The summed E-state index contributed by atoms with van der Waals surface area (Å²) in [5.41, 5.74) is 0.742. The second-order valence-corrected chi connectivity index (χ2v) is 13.5. The van der Waals surface area contributed by atoms with Crippen LogP contribution in [0, 0.1) is 5.92 Å². The summed E-state index contributed by atoms with van der Waals surface area (Å²) in [7, 11) is 0. The number of carbonyl (C=O) groups is 3. The monoisotopic (exact) mass is 612 g/mol. The predicted octanol–water partition coefficient (Wildman–Crippen LogP) is 4.31. The molecule has 2 N–H and O–H groups in total. The van der Waals surface area contributed by atoms with Gasteiger partial charge in [0.05, 0.1) is 6.10 Å².